The van der Waals surface area contributed by atoms with E-state index in [1.54, 1.807) is 0 Å². The Bertz CT molecular complexity index is 373. The Hall–Kier alpha value is -1.11. The number of rotatable bonds is 2. The molecule has 1 rings (SSSR count). The van der Waals surface area contributed by atoms with Gasteiger partial charge in [-0.2, -0.15) is 0 Å². The fourth-order valence-electron chi connectivity index (χ4n) is 1.45. The SMILES string of the molecule is CC(=O)N(C)C1(C(=O)O)CS(=O)(=O)C1. The van der Waals surface area contributed by atoms with Gasteiger partial charge in [-0.1, -0.05) is 0 Å². The number of carboxylic acids is 1. The lowest BCUT2D eigenvalue weighted by molar-refractivity contribution is -0.154. The number of aliphatic carboxylic acids is 1. The van der Waals surface area contributed by atoms with E-state index in [0.29, 0.717) is 0 Å². The van der Waals surface area contributed by atoms with E-state index < -0.39 is 38.8 Å². The maximum Gasteiger partial charge on any atom is 0.331 e. The van der Waals surface area contributed by atoms with Crippen molar-refractivity contribution in [3.8, 4) is 0 Å². The maximum atomic E-state index is 11.0. The molecule has 0 aromatic carbocycles. The summed E-state index contributed by atoms with van der Waals surface area (Å²) in [6.07, 6.45) is 0. The number of hydrogen-bond acceptors (Lipinski definition) is 4. The number of sulfone groups is 1. The first kappa shape index (κ1) is 11.0. The predicted molar refractivity (Wildman–Crippen MR) is 47.5 cm³/mol. The summed E-state index contributed by atoms with van der Waals surface area (Å²) in [6.45, 7) is 1.20. The Morgan fingerprint density at radius 2 is 1.79 bits per heavy atom. The van der Waals surface area contributed by atoms with Gasteiger partial charge >= 0.3 is 5.97 Å². The highest BCUT2D eigenvalue weighted by Crippen LogP contribution is 2.29. The molecule has 1 aliphatic heterocycles. The molecule has 0 aromatic rings. The number of carboxylic acid groups (broad SMARTS) is 1. The summed E-state index contributed by atoms with van der Waals surface area (Å²) in [5.74, 6) is -2.72. The maximum absolute atomic E-state index is 11.0. The zero-order valence-corrected chi connectivity index (χ0v) is 8.67. The summed E-state index contributed by atoms with van der Waals surface area (Å²) in [5.41, 5.74) is -1.55. The Labute approximate surface area is 81.4 Å². The molecule has 80 valence electrons. The molecule has 1 fully saturated rings. The average Bonchev–Trinajstić information content (AvgIpc) is 1.97. The van der Waals surface area contributed by atoms with E-state index in [0.717, 1.165) is 4.90 Å². The van der Waals surface area contributed by atoms with Crippen LogP contribution in [0.15, 0.2) is 0 Å². The number of hydrogen-bond donors (Lipinski definition) is 1. The fraction of sp³-hybridized carbons (Fsp3) is 0.714. The third kappa shape index (κ3) is 1.47. The van der Waals surface area contributed by atoms with Crippen LogP contribution in [0.4, 0.5) is 0 Å². The van der Waals surface area contributed by atoms with Crippen molar-refractivity contribution in [2.45, 2.75) is 12.5 Å². The van der Waals surface area contributed by atoms with Crippen molar-refractivity contribution in [3.05, 3.63) is 0 Å². The topological polar surface area (TPSA) is 91.8 Å². The molecule has 1 heterocycles. The minimum absolute atomic E-state index is 0.456. The Balaban J connectivity index is 3.00. The lowest BCUT2D eigenvalue weighted by Gasteiger charge is -2.43. The highest BCUT2D eigenvalue weighted by atomic mass is 32.2. The molecular weight excluding hydrogens is 210 g/mol. The Morgan fingerprint density at radius 3 is 2.00 bits per heavy atom. The third-order valence-electron chi connectivity index (χ3n) is 2.43. The second kappa shape index (κ2) is 2.94. The first-order valence-corrected chi connectivity index (χ1v) is 5.72. The van der Waals surface area contributed by atoms with Gasteiger partial charge in [-0.15, -0.1) is 0 Å². The summed E-state index contributed by atoms with van der Waals surface area (Å²) in [7, 11) is -1.99. The van der Waals surface area contributed by atoms with Crippen LogP contribution >= 0.6 is 0 Å². The molecule has 0 radical (unpaired) electrons. The van der Waals surface area contributed by atoms with Crippen molar-refractivity contribution in [2.24, 2.45) is 0 Å². The summed E-state index contributed by atoms with van der Waals surface area (Å²) in [6, 6.07) is 0. The van der Waals surface area contributed by atoms with Crippen LogP contribution < -0.4 is 0 Å². The van der Waals surface area contributed by atoms with E-state index in [-0.39, 0.29) is 0 Å². The smallest absolute Gasteiger partial charge is 0.331 e. The van der Waals surface area contributed by atoms with Crippen molar-refractivity contribution in [1.29, 1.82) is 0 Å². The number of nitrogens with zero attached hydrogens (tertiary/aromatic N) is 1. The van der Waals surface area contributed by atoms with Crippen LogP contribution in [0.5, 0.6) is 0 Å². The third-order valence-corrected chi connectivity index (χ3v) is 4.26. The largest absolute Gasteiger partial charge is 0.479 e. The predicted octanol–water partition coefficient (Wildman–Crippen LogP) is -1.28. The summed E-state index contributed by atoms with van der Waals surface area (Å²) in [4.78, 5) is 22.8. The van der Waals surface area contributed by atoms with Gasteiger partial charge in [-0.25, -0.2) is 13.2 Å². The molecule has 0 saturated carbocycles. The lowest BCUT2D eigenvalue weighted by Crippen LogP contribution is -2.69. The van der Waals surface area contributed by atoms with E-state index in [1.165, 1.54) is 14.0 Å². The minimum atomic E-state index is -3.29. The van der Waals surface area contributed by atoms with Gasteiger partial charge in [0, 0.05) is 14.0 Å². The molecular formula is C7H11NO5S. The van der Waals surface area contributed by atoms with Crippen molar-refractivity contribution in [3.63, 3.8) is 0 Å². The van der Waals surface area contributed by atoms with E-state index in [9.17, 15) is 18.0 Å². The van der Waals surface area contributed by atoms with Gasteiger partial charge in [0.05, 0.1) is 11.5 Å². The minimum Gasteiger partial charge on any atom is -0.479 e. The van der Waals surface area contributed by atoms with Crippen LogP contribution in [-0.4, -0.2) is 54.4 Å². The Kier molecular flexibility index (Phi) is 2.31. The fourth-order valence-corrected chi connectivity index (χ4v) is 3.45. The normalized spacial score (nSPS) is 22.1. The van der Waals surface area contributed by atoms with Crippen LogP contribution in [-0.2, 0) is 19.4 Å². The molecule has 1 saturated heterocycles. The van der Waals surface area contributed by atoms with Gasteiger partial charge in [0.25, 0.3) is 0 Å². The second-order valence-corrected chi connectivity index (χ2v) is 5.51. The molecule has 0 aromatic heterocycles. The molecule has 1 aliphatic rings. The first-order chi connectivity index (χ1) is 6.21. The average molecular weight is 221 g/mol. The van der Waals surface area contributed by atoms with Crippen LogP contribution in [0.3, 0.4) is 0 Å². The summed E-state index contributed by atoms with van der Waals surface area (Å²) < 4.78 is 21.9. The van der Waals surface area contributed by atoms with Crippen LogP contribution in [0.2, 0.25) is 0 Å². The van der Waals surface area contributed by atoms with E-state index in [4.69, 9.17) is 5.11 Å². The standard InChI is InChI=1S/C7H11NO5S/c1-5(9)8(2)7(6(10)11)3-14(12,13)4-7/h3-4H2,1-2H3,(H,10,11). The van der Waals surface area contributed by atoms with Gasteiger partial charge in [-0.3, -0.25) is 4.79 Å². The number of amides is 1. The highest BCUT2D eigenvalue weighted by molar-refractivity contribution is 7.93. The zero-order chi connectivity index (χ0) is 11.1. The second-order valence-electron chi connectivity index (χ2n) is 3.45. The van der Waals surface area contributed by atoms with E-state index in [2.05, 4.69) is 0 Å². The lowest BCUT2D eigenvalue weighted by atomic mass is 10.0. The molecule has 1 amide bonds. The van der Waals surface area contributed by atoms with E-state index >= 15 is 0 Å². The number of carbonyl (C=O) groups excluding carboxylic acids is 1. The van der Waals surface area contributed by atoms with Crippen molar-refractivity contribution in [1.82, 2.24) is 4.90 Å². The van der Waals surface area contributed by atoms with E-state index in [1.807, 2.05) is 0 Å². The van der Waals surface area contributed by atoms with Crippen LogP contribution in [0.1, 0.15) is 6.92 Å². The molecule has 14 heavy (non-hydrogen) atoms. The number of likely N-dealkylation sites (N-methyl/N-ethyl adjacent to an activating group) is 1. The first-order valence-electron chi connectivity index (χ1n) is 3.89. The molecule has 1 N–H and O–H groups in total. The molecule has 0 spiro atoms. The van der Waals surface area contributed by atoms with Gasteiger partial charge in [0.2, 0.25) is 5.91 Å². The molecule has 7 heteroatoms. The van der Waals surface area contributed by atoms with Gasteiger partial charge < -0.3 is 10.0 Å². The molecule has 6 nitrogen and oxygen atoms in total. The molecule has 0 bridgehead atoms. The Morgan fingerprint density at radius 1 is 1.36 bits per heavy atom. The van der Waals surface area contributed by atoms with Gasteiger partial charge in [0.1, 0.15) is 0 Å². The van der Waals surface area contributed by atoms with Crippen molar-refractivity contribution in [2.75, 3.05) is 18.6 Å². The monoisotopic (exact) mass is 221 g/mol. The van der Waals surface area contributed by atoms with Crippen LogP contribution in [0.25, 0.3) is 0 Å². The molecule has 0 atom stereocenters. The van der Waals surface area contributed by atoms with Gasteiger partial charge in [-0.05, 0) is 0 Å². The van der Waals surface area contributed by atoms with Crippen molar-refractivity contribution < 1.29 is 23.1 Å². The number of carbonyl (C=O) groups is 2. The molecule has 0 unspecified atom stereocenters. The highest BCUT2D eigenvalue weighted by Gasteiger charge is 2.58. The zero-order valence-electron chi connectivity index (χ0n) is 7.85. The summed E-state index contributed by atoms with van der Waals surface area (Å²) >= 11 is 0. The summed E-state index contributed by atoms with van der Waals surface area (Å²) in [5, 5.41) is 8.88. The van der Waals surface area contributed by atoms with Crippen LogP contribution in [0, 0.1) is 0 Å². The molecule has 0 aliphatic carbocycles. The van der Waals surface area contributed by atoms with Gasteiger partial charge in [0.15, 0.2) is 15.4 Å². The quantitative estimate of drug-likeness (QED) is 0.626. The van der Waals surface area contributed by atoms with Crippen molar-refractivity contribution >= 4 is 21.7 Å².